The van der Waals surface area contributed by atoms with Crippen LogP contribution in [-0.4, -0.2) is 27.6 Å². The number of benzene rings is 3. The van der Waals surface area contributed by atoms with Crippen molar-refractivity contribution in [2.45, 2.75) is 6.54 Å². The maximum atomic E-state index is 13.5. The minimum absolute atomic E-state index is 0.0908. The lowest BCUT2D eigenvalue weighted by atomic mass is 10.1. The lowest BCUT2D eigenvalue weighted by Gasteiger charge is -2.17. The van der Waals surface area contributed by atoms with E-state index in [4.69, 9.17) is 5.10 Å². The van der Waals surface area contributed by atoms with Crippen molar-refractivity contribution in [1.82, 2.24) is 14.7 Å². The Morgan fingerprint density at radius 2 is 1.60 bits per heavy atom. The van der Waals surface area contributed by atoms with E-state index >= 15 is 0 Å². The van der Waals surface area contributed by atoms with Gasteiger partial charge in [-0.3, -0.25) is 4.79 Å². The summed E-state index contributed by atoms with van der Waals surface area (Å²) in [7, 11) is 1.62. The summed E-state index contributed by atoms with van der Waals surface area (Å²) in [5, 5.41) is 4.73. The van der Waals surface area contributed by atoms with Gasteiger partial charge >= 0.3 is 0 Å². The van der Waals surface area contributed by atoms with Crippen LogP contribution in [0.2, 0.25) is 0 Å². The summed E-state index contributed by atoms with van der Waals surface area (Å²) in [5.41, 5.74) is 3.51. The Hall–Kier alpha value is -3.80. The SMILES string of the molecule is CN(Cc1cn(-c2ccccc2)nc1-c1ccccc1)C(=O)c1ccc(F)c(F)c1. The molecule has 0 aliphatic heterocycles. The van der Waals surface area contributed by atoms with Crippen molar-refractivity contribution in [3.8, 4) is 16.9 Å². The second-order valence-electron chi connectivity index (χ2n) is 6.94. The van der Waals surface area contributed by atoms with Gasteiger partial charge in [0, 0.05) is 36.5 Å². The van der Waals surface area contributed by atoms with E-state index in [2.05, 4.69) is 0 Å². The molecule has 0 N–H and O–H groups in total. The van der Waals surface area contributed by atoms with Gasteiger partial charge in [0.05, 0.1) is 11.4 Å². The largest absolute Gasteiger partial charge is 0.337 e. The zero-order valence-electron chi connectivity index (χ0n) is 16.3. The summed E-state index contributed by atoms with van der Waals surface area (Å²) in [6.45, 7) is 0.259. The highest BCUT2D eigenvalue weighted by Gasteiger charge is 2.19. The minimum atomic E-state index is -1.05. The topological polar surface area (TPSA) is 38.1 Å². The molecule has 4 aromatic rings. The minimum Gasteiger partial charge on any atom is -0.337 e. The Morgan fingerprint density at radius 1 is 0.933 bits per heavy atom. The fourth-order valence-corrected chi connectivity index (χ4v) is 3.25. The van der Waals surface area contributed by atoms with Crippen LogP contribution in [0.25, 0.3) is 16.9 Å². The summed E-state index contributed by atoms with van der Waals surface area (Å²) in [6, 6.07) is 22.5. The number of carbonyl (C=O) groups excluding carboxylic acids is 1. The molecule has 0 spiro atoms. The molecule has 0 fully saturated rings. The standard InChI is InChI=1S/C24H19F2N3O/c1-28(24(30)18-12-13-21(25)22(26)14-18)15-19-16-29(20-10-6-3-7-11-20)27-23(19)17-8-4-2-5-9-17/h2-14,16H,15H2,1H3. The molecule has 6 heteroatoms. The monoisotopic (exact) mass is 403 g/mol. The number of rotatable bonds is 5. The summed E-state index contributed by atoms with van der Waals surface area (Å²) in [4.78, 5) is 14.2. The van der Waals surface area contributed by atoms with Gasteiger partial charge in [-0.25, -0.2) is 13.5 Å². The first-order valence-corrected chi connectivity index (χ1v) is 9.43. The lowest BCUT2D eigenvalue weighted by Crippen LogP contribution is -2.26. The van der Waals surface area contributed by atoms with Crippen LogP contribution < -0.4 is 0 Å². The molecule has 4 rings (SSSR count). The van der Waals surface area contributed by atoms with Gasteiger partial charge in [0.15, 0.2) is 11.6 Å². The van der Waals surface area contributed by atoms with Crippen molar-refractivity contribution in [3.05, 3.63) is 108 Å². The predicted octanol–water partition coefficient (Wildman–Crippen LogP) is 5.09. The number of hydrogen-bond donors (Lipinski definition) is 0. The maximum absolute atomic E-state index is 13.5. The molecule has 1 heterocycles. The molecular weight excluding hydrogens is 384 g/mol. The molecule has 0 saturated carbocycles. The van der Waals surface area contributed by atoms with E-state index in [-0.39, 0.29) is 12.1 Å². The van der Waals surface area contributed by atoms with Crippen molar-refractivity contribution >= 4 is 5.91 Å². The van der Waals surface area contributed by atoms with Crippen LogP contribution in [0, 0.1) is 11.6 Å². The highest BCUT2D eigenvalue weighted by molar-refractivity contribution is 5.94. The molecule has 1 amide bonds. The fourth-order valence-electron chi connectivity index (χ4n) is 3.25. The van der Waals surface area contributed by atoms with Gasteiger partial charge < -0.3 is 4.90 Å². The van der Waals surface area contributed by atoms with E-state index in [0.29, 0.717) is 0 Å². The molecule has 0 atom stereocenters. The summed E-state index contributed by atoms with van der Waals surface area (Å²) in [5.74, 6) is -2.43. The molecule has 0 aliphatic rings. The van der Waals surface area contributed by atoms with Crippen molar-refractivity contribution < 1.29 is 13.6 Å². The Morgan fingerprint density at radius 3 is 2.27 bits per heavy atom. The Labute approximate surface area is 173 Å². The summed E-state index contributed by atoms with van der Waals surface area (Å²) in [6.07, 6.45) is 1.88. The number of para-hydroxylation sites is 1. The first kappa shape index (κ1) is 19.5. The average molecular weight is 403 g/mol. The van der Waals surface area contributed by atoms with E-state index < -0.39 is 17.5 Å². The average Bonchev–Trinajstić information content (AvgIpc) is 3.20. The summed E-state index contributed by atoms with van der Waals surface area (Å²) >= 11 is 0. The van der Waals surface area contributed by atoms with E-state index in [1.807, 2.05) is 66.9 Å². The third-order valence-electron chi connectivity index (χ3n) is 4.78. The molecule has 0 unspecified atom stereocenters. The molecule has 1 aromatic heterocycles. The van der Waals surface area contributed by atoms with Crippen molar-refractivity contribution in [3.63, 3.8) is 0 Å². The number of nitrogens with zero attached hydrogens (tertiary/aromatic N) is 3. The zero-order chi connectivity index (χ0) is 21.1. The fraction of sp³-hybridized carbons (Fsp3) is 0.0833. The Balaban J connectivity index is 1.67. The molecule has 3 aromatic carbocycles. The van der Waals surface area contributed by atoms with E-state index in [0.717, 1.165) is 34.6 Å². The molecule has 150 valence electrons. The Bertz CT molecular complexity index is 1170. The number of carbonyl (C=O) groups is 1. The first-order chi connectivity index (χ1) is 14.5. The van der Waals surface area contributed by atoms with Crippen LogP contribution in [0.5, 0.6) is 0 Å². The van der Waals surface area contributed by atoms with Crippen molar-refractivity contribution in [1.29, 1.82) is 0 Å². The lowest BCUT2D eigenvalue weighted by molar-refractivity contribution is 0.0784. The van der Waals surface area contributed by atoms with Gasteiger partial charge in [-0.05, 0) is 30.3 Å². The van der Waals surface area contributed by atoms with Crippen LogP contribution in [0.1, 0.15) is 15.9 Å². The number of aromatic nitrogens is 2. The van der Waals surface area contributed by atoms with Crippen LogP contribution in [0.4, 0.5) is 8.78 Å². The Kier molecular flexibility index (Phi) is 5.39. The quantitative estimate of drug-likeness (QED) is 0.466. The molecule has 30 heavy (non-hydrogen) atoms. The molecule has 4 nitrogen and oxygen atoms in total. The van der Waals surface area contributed by atoms with Crippen LogP contribution in [-0.2, 0) is 6.54 Å². The predicted molar refractivity (Wildman–Crippen MR) is 111 cm³/mol. The van der Waals surface area contributed by atoms with Gasteiger partial charge in [0.25, 0.3) is 5.91 Å². The second kappa shape index (κ2) is 8.29. The van der Waals surface area contributed by atoms with Gasteiger partial charge in [0.1, 0.15) is 0 Å². The van der Waals surface area contributed by atoms with Gasteiger partial charge in [0.2, 0.25) is 0 Å². The van der Waals surface area contributed by atoms with Gasteiger partial charge in [-0.1, -0.05) is 48.5 Å². The van der Waals surface area contributed by atoms with Crippen molar-refractivity contribution in [2.24, 2.45) is 0 Å². The van der Waals surface area contributed by atoms with Crippen molar-refractivity contribution in [2.75, 3.05) is 7.05 Å². The highest BCUT2D eigenvalue weighted by Crippen LogP contribution is 2.25. The van der Waals surface area contributed by atoms with Crippen LogP contribution >= 0.6 is 0 Å². The van der Waals surface area contributed by atoms with Crippen LogP contribution in [0.3, 0.4) is 0 Å². The normalized spacial score (nSPS) is 10.8. The van der Waals surface area contributed by atoms with Crippen LogP contribution in [0.15, 0.2) is 85.1 Å². The number of hydrogen-bond acceptors (Lipinski definition) is 2. The third-order valence-corrected chi connectivity index (χ3v) is 4.78. The van der Waals surface area contributed by atoms with Gasteiger partial charge in [-0.15, -0.1) is 0 Å². The molecule has 0 bridgehead atoms. The molecular formula is C24H19F2N3O. The number of amides is 1. The maximum Gasteiger partial charge on any atom is 0.254 e. The van der Waals surface area contributed by atoms with E-state index in [1.54, 1.807) is 11.7 Å². The highest BCUT2D eigenvalue weighted by atomic mass is 19.2. The smallest absolute Gasteiger partial charge is 0.254 e. The van der Waals surface area contributed by atoms with E-state index in [9.17, 15) is 13.6 Å². The summed E-state index contributed by atoms with van der Waals surface area (Å²) < 4.78 is 28.5. The zero-order valence-corrected chi connectivity index (χ0v) is 16.3. The number of halogens is 2. The molecule has 0 radical (unpaired) electrons. The van der Waals surface area contributed by atoms with E-state index in [1.165, 1.54) is 11.0 Å². The third kappa shape index (κ3) is 3.98. The first-order valence-electron chi connectivity index (χ1n) is 9.43. The molecule has 0 aliphatic carbocycles. The molecule has 0 saturated heterocycles. The van der Waals surface area contributed by atoms with Gasteiger partial charge in [-0.2, -0.15) is 5.10 Å². The second-order valence-corrected chi connectivity index (χ2v) is 6.94.